The number of rotatable bonds is 12. The maximum Gasteiger partial charge on any atom is 0.279 e. The third-order valence-electron chi connectivity index (χ3n) is 3.56. The molecule has 1 rings (SSSR count). The van der Waals surface area contributed by atoms with Crippen molar-refractivity contribution in [1.29, 1.82) is 0 Å². The van der Waals surface area contributed by atoms with Crippen LogP contribution in [0.2, 0.25) is 0 Å². The molecular weight excluding hydrogens is 274 g/mol. The van der Waals surface area contributed by atoms with Crippen molar-refractivity contribution >= 4 is 10.2 Å². The molecule has 0 aromatic heterocycles. The first-order valence-electron chi connectivity index (χ1n) is 7.86. The predicted octanol–water partition coefficient (Wildman–Crippen LogP) is 1.72. The van der Waals surface area contributed by atoms with Crippen LogP contribution in [0.3, 0.4) is 0 Å². The highest BCUT2D eigenvalue weighted by Crippen LogP contribution is 2.18. The van der Waals surface area contributed by atoms with Crippen LogP contribution in [0, 0.1) is 5.92 Å². The van der Waals surface area contributed by atoms with Gasteiger partial charge in [-0.15, -0.1) is 0 Å². The Kier molecular flexibility index (Phi) is 8.02. The average molecular weight is 305 g/mol. The second kappa shape index (κ2) is 8.97. The molecule has 0 aromatic rings. The van der Waals surface area contributed by atoms with Crippen LogP contribution in [0.4, 0.5) is 0 Å². The highest BCUT2D eigenvalue weighted by molar-refractivity contribution is 7.87. The summed E-state index contributed by atoms with van der Waals surface area (Å²) < 4.78 is 28.0. The SMILES string of the molecule is CC(C)CCCCNS(=O)(=O)N(C)CCCNC1CC1. The van der Waals surface area contributed by atoms with Crippen molar-refractivity contribution in [3.05, 3.63) is 0 Å². The molecule has 0 atom stereocenters. The zero-order chi connectivity index (χ0) is 15.0. The van der Waals surface area contributed by atoms with Gasteiger partial charge < -0.3 is 5.32 Å². The lowest BCUT2D eigenvalue weighted by Gasteiger charge is -2.17. The Morgan fingerprint density at radius 1 is 1.15 bits per heavy atom. The van der Waals surface area contributed by atoms with Crippen LogP contribution >= 0.6 is 0 Å². The predicted molar refractivity (Wildman–Crippen MR) is 83.9 cm³/mol. The standard InChI is InChI=1S/C14H31N3O2S/c1-13(2)7-4-5-11-16-20(18,19)17(3)12-6-10-15-14-8-9-14/h13-16H,4-12H2,1-3H3. The maximum absolute atomic E-state index is 12.0. The molecule has 0 heterocycles. The minimum absolute atomic E-state index is 0.541. The first-order valence-corrected chi connectivity index (χ1v) is 9.30. The van der Waals surface area contributed by atoms with Crippen LogP contribution in [0.15, 0.2) is 0 Å². The molecule has 0 aliphatic heterocycles. The van der Waals surface area contributed by atoms with E-state index in [1.54, 1.807) is 7.05 Å². The first-order chi connectivity index (χ1) is 9.42. The monoisotopic (exact) mass is 305 g/mol. The van der Waals surface area contributed by atoms with E-state index in [1.807, 2.05) is 0 Å². The molecule has 5 nitrogen and oxygen atoms in total. The van der Waals surface area contributed by atoms with Crippen LogP contribution in [0.5, 0.6) is 0 Å². The molecule has 2 N–H and O–H groups in total. The second-order valence-electron chi connectivity index (χ2n) is 6.19. The molecule has 0 spiro atoms. The van der Waals surface area contributed by atoms with Crippen LogP contribution in [-0.2, 0) is 10.2 Å². The average Bonchev–Trinajstić information content (AvgIpc) is 3.17. The molecule has 1 saturated carbocycles. The molecule has 0 aromatic carbocycles. The Morgan fingerprint density at radius 3 is 2.45 bits per heavy atom. The summed E-state index contributed by atoms with van der Waals surface area (Å²) in [6, 6.07) is 0.691. The van der Waals surface area contributed by atoms with Crippen molar-refractivity contribution in [1.82, 2.24) is 14.3 Å². The van der Waals surface area contributed by atoms with E-state index in [9.17, 15) is 8.42 Å². The summed E-state index contributed by atoms with van der Waals surface area (Å²) >= 11 is 0. The van der Waals surface area contributed by atoms with E-state index in [4.69, 9.17) is 0 Å². The topological polar surface area (TPSA) is 61.4 Å². The lowest BCUT2D eigenvalue weighted by molar-refractivity contribution is 0.442. The molecular formula is C14H31N3O2S. The van der Waals surface area contributed by atoms with E-state index < -0.39 is 10.2 Å². The molecule has 0 bridgehead atoms. The normalized spacial score (nSPS) is 16.2. The smallest absolute Gasteiger partial charge is 0.279 e. The Balaban J connectivity index is 2.07. The van der Waals surface area contributed by atoms with E-state index in [0.717, 1.165) is 32.2 Å². The highest BCUT2D eigenvalue weighted by atomic mass is 32.2. The van der Waals surface area contributed by atoms with Gasteiger partial charge in [0.2, 0.25) is 0 Å². The van der Waals surface area contributed by atoms with Gasteiger partial charge in [0.25, 0.3) is 10.2 Å². The molecule has 6 heteroatoms. The minimum Gasteiger partial charge on any atom is -0.314 e. The van der Waals surface area contributed by atoms with Gasteiger partial charge in [0.05, 0.1) is 0 Å². The largest absolute Gasteiger partial charge is 0.314 e. The molecule has 120 valence electrons. The molecule has 0 radical (unpaired) electrons. The minimum atomic E-state index is -3.29. The van der Waals surface area contributed by atoms with Gasteiger partial charge in [-0.3, -0.25) is 0 Å². The van der Waals surface area contributed by atoms with Crippen molar-refractivity contribution in [3.8, 4) is 0 Å². The summed E-state index contributed by atoms with van der Waals surface area (Å²) in [5.41, 5.74) is 0. The van der Waals surface area contributed by atoms with Gasteiger partial charge >= 0.3 is 0 Å². The number of nitrogens with one attached hydrogen (secondary N) is 2. The lowest BCUT2D eigenvalue weighted by Crippen LogP contribution is -2.39. The van der Waals surface area contributed by atoms with Crippen molar-refractivity contribution in [2.75, 3.05) is 26.7 Å². The number of hydrogen-bond acceptors (Lipinski definition) is 3. The summed E-state index contributed by atoms with van der Waals surface area (Å²) in [6.45, 7) is 6.39. The van der Waals surface area contributed by atoms with E-state index >= 15 is 0 Å². The fraction of sp³-hybridized carbons (Fsp3) is 1.00. The molecule has 1 aliphatic carbocycles. The van der Waals surface area contributed by atoms with E-state index in [0.29, 0.717) is 25.0 Å². The Labute approximate surface area is 124 Å². The summed E-state index contributed by atoms with van der Waals surface area (Å²) in [7, 11) is -1.64. The number of hydrogen-bond donors (Lipinski definition) is 2. The molecule has 1 fully saturated rings. The van der Waals surface area contributed by atoms with Crippen molar-refractivity contribution in [2.45, 2.75) is 58.4 Å². The fourth-order valence-electron chi connectivity index (χ4n) is 2.00. The van der Waals surface area contributed by atoms with Crippen LogP contribution in [-0.4, -0.2) is 45.4 Å². The van der Waals surface area contributed by atoms with Crippen LogP contribution in [0.25, 0.3) is 0 Å². The second-order valence-corrected chi connectivity index (χ2v) is 8.05. The Bertz CT molecular complexity index is 353. The Morgan fingerprint density at radius 2 is 1.85 bits per heavy atom. The van der Waals surface area contributed by atoms with Gasteiger partial charge in [-0.25, -0.2) is 4.72 Å². The lowest BCUT2D eigenvalue weighted by atomic mass is 10.1. The molecule has 20 heavy (non-hydrogen) atoms. The summed E-state index contributed by atoms with van der Waals surface area (Å²) in [4.78, 5) is 0. The molecule has 0 amide bonds. The third-order valence-corrected chi connectivity index (χ3v) is 5.14. The molecule has 0 saturated heterocycles. The van der Waals surface area contributed by atoms with E-state index in [2.05, 4.69) is 23.9 Å². The van der Waals surface area contributed by atoms with Gasteiger partial charge in [0.15, 0.2) is 0 Å². The van der Waals surface area contributed by atoms with Gasteiger partial charge in [0.1, 0.15) is 0 Å². The Hall–Kier alpha value is -0.170. The van der Waals surface area contributed by atoms with E-state index in [-0.39, 0.29) is 0 Å². The van der Waals surface area contributed by atoms with Gasteiger partial charge in [-0.2, -0.15) is 12.7 Å². The highest BCUT2D eigenvalue weighted by Gasteiger charge is 2.20. The third kappa shape index (κ3) is 8.19. The summed E-state index contributed by atoms with van der Waals surface area (Å²) in [6.07, 6.45) is 6.55. The van der Waals surface area contributed by atoms with E-state index in [1.165, 1.54) is 17.1 Å². The first kappa shape index (κ1) is 17.9. The molecule has 1 aliphatic rings. The van der Waals surface area contributed by atoms with Crippen molar-refractivity contribution < 1.29 is 8.42 Å². The number of nitrogens with zero attached hydrogens (tertiary/aromatic N) is 1. The van der Waals surface area contributed by atoms with Crippen molar-refractivity contribution in [3.63, 3.8) is 0 Å². The van der Waals surface area contributed by atoms with Gasteiger partial charge in [-0.05, 0) is 38.1 Å². The number of unbranched alkanes of at least 4 members (excludes halogenated alkanes) is 1. The van der Waals surface area contributed by atoms with Gasteiger partial charge in [0, 0.05) is 26.2 Å². The van der Waals surface area contributed by atoms with Crippen LogP contribution < -0.4 is 10.0 Å². The zero-order valence-electron chi connectivity index (χ0n) is 13.2. The zero-order valence-corrected chi connectivity index (χ0v) is 14.0. The quantitative estimate of drug-likeness (QED) is 0.540. The summed E-state index contributed by atoms with van der Waals surface area (Å²) in [5.74, 6) is 0.688. The fourth-order valence-corrected chi connectivity index (χ4v) is 3.00. The summed E-state index contributed by atoms with van der Waals surface area (Å²) in [5, 5.41) is 3.39. The maximum atomic E-state index is 12.0. The molecule has 0 unspecified atom stereocenters. The van der Waals surface area contributed by atoms with Crippen molar-refractivity contribution in [2.24, 2.45) is 5.92 Å². The van der Waals surface area contributed by atoms with Gasteiger partial charge in [-0.1, -0.05) is 26.7 Å². The van der Waals surface area contributed by atoms with Crippen LogP contribution in [0.1, 0.15) is 52.4 Å².